The fraction of sp³-hybridized carbons (Fsp3) is 0.0625. The van der Waals surface area contributed by atoms with E-state index in [1.165, 1.54) is 17.6 Å². The predicted molar refractivity (Wildman–Crippen MR) is 92.7 cm³/mol. The molecule has 0 fully saturated rings. The number of pyridine rings is 1. The fourth-order valence-electron chi connectivity index (χ4n) is 1.98. The number of aromatic nitrogens is 1. The highest BCUT2D eigenvalue weighted by Gasteiger charge is 2.17. The molecule has 7 heteroatoms. The maximum atomic E-state index is 12.2. The van der Waals surface area contributed by atoms with E-state index in [0.717, 1.165) is 15.8 Å². The van der Waals surface area contributed by atoms with Crippen LogP contribution in [0.15, 0.2) is 47.7 Å². The number of methoxy groups -OCH3 is 1. The number of ether oxygens (including phenoxy) is 1. The number of hydrogen-bond acceptors (Lipinski definition) is 5. The lowest BCUT2D eigenvalue weighted by atomic mass is 10.2. The second kappa shape index (κ2) is 6.76. The minimum atomic E-state index is -0.359. The van der Waals surface area contributed by atoms with Gasteiger partial charge in [0.2, 0.25) is 0 Å². The van der Waals surface area contributed by atoms with E-state index in [1.807, 2.05) is 24.3 Å². The predicted octanol–water partition coefficient (Wildman–Crippen LogP) is 3.72. The van der Waals surface area contributed by atoms with E-state index in [9.17, 15) is 4.79 Å². The van der Waals surface area contributed by atoms with Crippen molar-refractivity contribution in [1.29, 1.82) is 0 Å². The Morgan fingerprint density at radius 3 is 3.00 bits per heavy atom. The highest BCUT2D eigenvalue weighted by molar-refractivity contribution is 7.21. The quantitative estimate of drug-likeness (QED) is 0.579. The molecule has 3 aromatic rings. The first-order valence-corrected chi connectivity index (χ1v) is 7.89. The van der Waals surface area contributed by atoms with Crippen LogP contribution in [0.2, 0.25) is 5.02 Å². The highest BCUT2D eigenvalue weighted by atomic mass is 35.5. The van der Waals surface area contributed by atoms with E-state index in [-0.39, 0.29) is 5.91 Å². The van der Waals surface area contributed by atoms with Crippen LogP contribution in [0, 0.1) is 0 Å². The van der Waals surface area contributed by atoms with Gasteiger partial charge in [-0.25, -0.2) is 5.43 Å². The third-order valence-electron chi connectivity index (χ3n) is 3.09. The van der Waals surface area contributed by atoms with Crippen molar-refractivity contribution in [2.75, 3.05) is 7.11 Å². The van der Waals surface area contributed by atoms with E-state index in [1.54, 1.807) is 25.4 Å². The van der Waals surface area contributed by atoms with Crippen molar-refractivity contribution in [3.8, 4) is 5.75 Å². The van der Waals surface area contributed by atoms with Gasteiger partial charge in [0.15, 0.2) is 0 Å². The summed E-state index contributed by atoms with van der Waals surface area (Å²) in [6, 6.07) is 10.9. The molecule has 0 aliphatic carbocycles. The van der Waals surface area contributed by atoms with Gasteiger partial charge in [-0.2, -0.15) is 5.10 Å². The summed E-state index contributed by atoms with van der Waals surface area (Å²) in [5.41, 5.74) is 3.12. The van der Waals surface area contributed by atoms with Crippen molar-refractivity contribution in [3.05, 3.63) is 58.2 Å². The number of nitrogens with zero attached hydrogens (tertiary/aromatic N) is 2. The standard InChI is InChI=1S/C16H12ClN3O2S/c1-22-11-5-6-12-13(8-11)23-15(14(12)17)16(21)20-19-9-10-4-2-3-7-18-10/h2-9H,1H3,(H,20,21). The molecule has 0 unspecified atom stereocenters. The Hall–Kier alpha value is -2.44. The SMILES string of the molecule is COc1ccc2c(Cl)c(C(=O)NN=Cc3ccccn3)sc2c1. The van der Waals surface area contributed by atoms with Crippen LogP contribution in [0.5, 0.6) is 5.75 Å². The van der Waals surface area contributed by atoms with Crippen LogP contribution in [0.25, 0.3) is 10.1 Å². The Morgan fingerprint density at radius 2 is 2.26 bits per heavy atom. The summed E-state index contributed by atoms with van der Waals surface area (Å²) >= 11 is 7.58. The normalized spacial score (nSPS) is 11.0. The third-order valence-corrected chi connectivity index (χ3v) is 4.75. The Balaban J connectivity index is 1.81. The van der Waals surface area contributed by atoms with Gasteiger partial charge < -0.3 is 4.74 Å². The number of hydrogen-bond donors (Lipinski definition) is 1. The monoisotopic (exact) mass is 345 g/mol. The Bertz CT molecular complexity index is 878. The number of carbonyl (C=O) groups is 1. The fourth-order valence-corrected chi connectivity index (χ4v) is 3.41. The average Bonchev–Trinajstić information content (AvgIpc) is 2.92. The van der Waals surface area contributed by atoms with Gasteiger partial charge in [0.25, 0.3) is 5.91 Å². The highest BCUT2D eigenvalue weighted by Crippen LogP contribution is 2.37. The zero-order valence-electron chi connectivity index (χ0n) is 12.1. The molecule has 1 aromatic carbocycles. The Labute approximate surface area is 141 Å². The maximum Gasteiger partial charge on any atom is 0.283 e. The first-order chi connectivity index (χ1) is 11.2. The van der Waals surface area contributed by atoms with Gasteiger partial charge >= 0.3 is 0 Å². The molecule has 2 aromatic heterocycles. The molecule has 0 atom stereocenters. The molecule has 1 amide bonds. The van der Waals surface area contributed by atoms with Gasteiger partial charge in [0.05, 0.1) is 24.0 Å². The zero-order chi connectivity index (χ0) is 16.2. The van der Waals surface area contributed by atoms with Crippen LogP contribution in [0.3, 0.4) is 0 Å². The maximum absolute atomic E-state index is 12.2. The summed E-state index contributed by atoms with van der Waals surface area (Å²) in [6.07, 6.45) is 3.13. The van der Waals surface area contributed by atoms with E-state index >= 15 is 0 Å². The number of rotatable bonds is 4. The third kappa shape index (κ3) is 3.33. The summed E-state index contributed by atoms with van der Waals surface area (Å²) < 4.78 is 6.06. The lowest BCUT2D eigenvalue weighted by Gasteiger charge is -1.98. The number of thiophene rings is 1. The summed E-state index contributed by atoms with van der Waals surface area (Å²) in [5.74, 6) is 0.359. The van der Waals surface area contributed by atoms with E-state index in [2.05, 4.69) is 15.5 Å². The molecular weight excluding hydrogens is 334 g/mol. The number of amides is 1. The molecule has 0 aliphatic heterocycles. The summed E-state index contributed by atoms with van der Waals surface area (Å²) in [6.45, 7) is 0. The molecule has 1 N–H and O–H groups in total. The van der Waals surface area contributed by atoms with Crippen molar-refractivity contribution in [3.63, 3.8) is 0 Å². The van der Waals surface area contributed by atoms with Gasteiger partial charge in [-0.05, 0) is 30.3 Å². The number of halogens is 1. The second-order valence-electron chi connectivity index (χ2n) is 4.56. The molecule has 2 heterocycles. The van der Waals surface area contributed by atoms with Gasteiger partial charge in [-0.3, -0.25) is 9.78 Å². The molecule has 116 valence electrons. The number of nitrogens with one attached hydrogen (secondary N) is 1. The smallest absolute Gasteiger partial charge is 0.283 e. The van der Waals surface area contributed by atoms with Crippen LogP contribution < -0.4 is 10.2 Å². The van der Waals surface area contributed by atoms with Crippen LogP contribution in [0.4, 0.5) is 0 Å². The lowest BCUT2D eigenvalue weighted by molar-refractivity contribution is 0.0959. The number of hydrazone groups is 1. The van der Waals surface area contributed by atoms with Crippen LogP contribution in [-0.2, 0) is 0 Å². The molecule has 5 nitrogen and oxygen atoms in total. The Kier molecular flexibility index (Phi) is 4.55. The van der Waals surface area contributed by atoms with Gasteiger partial charge in [0, 0.05) is 16.3 Å². The van der Waals surface area contributed by atoms with Gasteiger partial charge in [-0.1, -0.05) is 17.7 Å². The molecule has 3 rings (SSSR count). The number of carbonyl (C=O) groups excluding carboxylic acids is 1. The van der Waals surface area contributed by atoms with Gasteiger partial charge in [0.1, 0.15) is 10.6 Å². The van der Waals surface area contributed by atoms with Crippen molar-refractivity contribution in [2.24, 2.45) is 5.10 Å². The molecule has 0 radical (unpaired) electrons. The first-order valence-electron chi connectivity index (χ1n) is 6.69. The average molecular weight is 346 g/mol. The van der Waals surface area contributed by atoms with Crippen molar-refractivity contribution < 1.29 is 9.53 Å². The van der Waals surface area contributed by atoms with Gasteiger partial charge in [-0.15, -0.1) is 11.3 Å². The molecular formula is C16H12ClN3O2S. The molecule has 23 heavy (non-hydrogen) atoms. The lowest BCUT2D eigenvalue weighted by Crippen LogP contribution is -2.16. The summed E-state index contributed by atoms with van der Waals surface area (Å²) in [5, 5.41) is 5.13. The zero-order valence-corrected chi connectivity index (χ0v) is 13.7. The van der Waals surface area contributed by atoms with Crippen molar-refractivity contribution >= 4 is 45.1 Å². The molecule has 0 spiro atoms. The largest absolute Gasteiger partial charge is 0.497 e. The topological polar surface area (TPSA) is 63.6 Å². The molecule has 0 saturated heterocycles. The van der Waals surface area contributed by atoms with E-state index < -0.39 is 0 Å². The van der Waals surface area contributed by atoms with E-state index in [0.29, 0.717) is 15.6 Å². The Morgan fingerprint density at radius 1 is 1.39 bits per heavy atom. The van der Waals surface area contributed by atoms with Crippen molar-refractivity contribution in [1.82, 2.24) is 10.4 Å². The summed E-state index contributed by atoms with van der Waals surface area (Å²) in [7, 11) is 1.59. The minimum Gasteiger partial charge on any atom is -0.497 e. The van der Waals surface area contributed by atoms with E-state index in [4.69, 9.17) is 16.3 Å². The van der Waals surface area contributed by atoms with Crippen LogP contribution in [-0.4, -0.2) is 24.2 Å². The number of fused-ring (bicyclic) bond motifs is 1. The van der Waals surface area contributed by atoms with Crippen LogP contribution in [0.1, 0.15) is 15.4 Å². The first kappa shape index (κ1) is 15.5. The molecule has 0 aliphatic rings. The molecule has 0 bridgehead atoms. The number of benzene rings is 1. The van der Waals surface area contributed by atoms with Crippen LogP contribution >= 0.6 is 22.9 Å². The van der Waals surface area contributed by atoms with Crippen molar-refractivity contribution in [2.45, 2.75) is 0 Å². The second-order valence-corrected chi connectivity index (χ2v) is 5.99. The minimum absolute atomic E-state index is 0.359. The summed E-state index contributed by atoms with van der Waals surface area (Å²) in [4.78, 5) is 16.7. The molecule has 0 saturated carbocycles.